The highest BCUT2D eigenvalue weighted by atomic mass is 16.7. The summed E-state index contributed by atoms with van der Waals surface area (Å²) in [6.45, 7) is 0.245. The molecule has 1 saturated carbocycles. The van der Waals surface area contributed by atoms with Gasteiger partial charge in [-0.2, -0.15) is 0 Å². The normalized spacial score (nSPS) is 19.3. The Labute approximate surface area is 92.5 Å². The molecule has 0 atom stereocenters. The second-order valence-electron chi connectivity index (χ2n) is 4.12. The number of benzene rings is 1. The maximum absolute atomic E-state index is 11.7. The number of hydrogen-bond acceptors (Lipinski definition) is 4. The number of carbonyl (C=O) groups is 1. The lowest BCUT2D eigenvalue weighted by molar-refractivity contribution is -0.123. The third kappa shape index (κ3) is 1.18. The van der Waals surface area contributed by atoms with E-state index >= 15 is 0 Å². The van der Waals surface area contributed by atoms with Crippen LogP contribution in [-0.4, -0.2) is 12.7 Å². The molecule has 5 nitrogen and oxygen atoms in total. The van der Waals surface area contributed by atoms with Gasteiger partial charge in [-0.1, -0.05) is 6.07 Å². The first-order chi connectivity index (χ1) is 7.76. The molecule has 3 rings (SSSR count). The Bertz CT molecular complexity index is 455. The minimum atomic E-state index is -0.449. The van der Waals surface area contributed by atoms with E-state index in [1.54, 1.807) is 0 Å². The van der Waals surface area contributed by atoms with Gasteiger partial charge in [-0.15, -0.1) is 0 Å². The molecule has 84 valence electrons. The van der Waals surface area contributed by atoms with Crippen LogP contribution in [0.25, 0.3) is 0 Å². The zero-order valence-corrected chi connectivity index (χ0v) is 8.66. The predicted octanol–water partition coefficient (Wildman–Crippen LogP) is 0.437. The smallest absolute Gasteiger partial charge is 0.244 e. The molecular weight excluding hydrogens is 208 g/mol. The van der Waals surface area contributed by atoms with Crippen molar-refractivity contribution < 1.29 is 14.3 Å². The zero-order chi connectivity index (χ0) is 11.2. The first-order valence-electron chi connectivity index (χ1n) is 5.17. The molecule has 1 aliphatic heterocycles. The molecule has 0 saturated heterocycles. The predicted molar refractivity (Wildman–Crippen MR) is 55.8 cm³/mol. The monoisotopic (exact) mass is 220 g/mol. The van der Waals surface area contributed by atoms with Crippen LogP contribution in [0.15, 0.2) is 18.2 Å². The van der Waals surface area contributed by atoms with Crippen molar-refractivity contribution in [3.8, 4) is 11.5 Å². The van der Waals surface area contributed by atoms with Crippen LogP contribution in [0.4, 0.5) is 0 Å². The van der Waals surface area contributed by atoms with Crippen LogP contribution in [0.5, 0.6) is 11.5 Å². The Morgan fingerprint density at radius 1 is 1.31 bits per heavy atom. The van der Waals surface area contributed by atoms with Gasteiger partial charge < -0.3 is 9.47 Å². The van der Waals surface area contributed by atoms with Crippen molar-refractivity contribution in [1.82, 2.24) is 5.43 Å². The van der Waals surface area contributed by atoms with E-state index in [0.29, 0.717) is 5.75 Å². The summed E-state index contributed by atoms with van der Waals surface area (Å²) in [5, 5.41) is 0. The van der Waals surface area contributed by atoms with Crippen LogP contribution in [-0.2, 0) is 10.2 Å². The van der Waals surface area contributed by atoms with Crippen molar-refractivity contribution in [2.24, 2.45) is 5.84 Å². The summed E-state index contributed by atoms with van der Waals surface area (Å²) < 4.78 is 10.5. The number of nitrogens with one attached hydrogen (secondary N) is 1. The fourth-order valence-electron chi connectivity index (χ4n) is 2.10. The summed E-state index contributed by atoms with van der Waals surface area (Å²) >= 11 is 0. The highest BCUT2D eigenvalue weighted by molar-refractivity contribution is 5.91. The lowest BCUT2D eigenvalue weighted by atomic mass is 9.95. The van der Waals surface area contributed by atoms with Gasteiger partial charge in [-0.3, -0.25) is 10.2 Å². The average Bonchev–Trinajstić information content (AvgIpc) is 3.00. The van der Waals surface area contributed by atoms with Gasteiger partial charge in [0.15, 0.2) is 11.5 Å². The van der Waals surface area contributed by atoms with Crippen molar-refractivity contribution in [2.45, 2.75) is 18.3 Å². The van der Waals surface area contributed by atoms with Crippen LogP contribution < -0.4 is 20.7 Å². The molecule has 3 N–H and O–H groups in total. The Balaban J connectivity index is 1.99. The van der Waals surface area contributed by atoms with Gasteiger partial charge in [0.05, 0.1) is 5.41 Å². The molecule has 0 spiro atoms. The number of amides is 1. The lowest BCUT2D eigenvalue weighted by Gasteiger charge is -2.13. The number of fused-ring (bicyclic) bond motifs is 1. The lowest BCUT2D eigenvalue weighted by Crippen LogP contribution is -2.39. The number of carbonyl (C=O) groups excluding carboxylic acids is 1. The molecule has 16 heavy (non-hydrogen) atoms. The van der Waals surface area contributed by atoms with E-state index in [9.17, 15) is 4.79 Å². The van der Waals surface area contributed by atoms with Crippen molar-refractivity contribution in [3.63, 3.8) is 0 Å². The quantitative estimate of drug-likeness (QED) is 0.431. The van der Waals surface area contributed by atoms with Crippen molar-refractivity contribution >= 4 is 5.91 Å². The van der Waals surface area contributed by atoms with E-state index in [0.717, 1.165) is 24.2 Å². The second kappa shape index (κ2) is 3.12. The molecule has 5 heteroatoms. The van der Waals surface area contributed by atoms with Crippen molar-refractivity contribution in [1.29, 1.82) is 0 Å². The van der Waals surface area contributed by atoms with Gasteiger partial charge in [0, 0.05) is 0 Å². The van der Waals surface area contributed by atoms with E-state index in [-0.39, 0.29) is 12.7 Å². The largest absolute Gasteiger partial charge is 0.454 e. The molecular formula is C11H12N2O3. The van der Waals surface area contributed by atoms with Crippen LogP contribution in [0.3, 0.4) is 0 Å². The Morgan fingerprint density at radius 3 is 2.75 bits per heavy atom. The third-order valence-electron chi connectivity index (χ3n) is 3.24. The molecule has 1 aliphatic carbocycles. The molecule has 2 aliphatic rings. The minimum Gasteiger partial charge on any atom is -0.454 e. The van der Waals surface area contributed by atoms with Crippen LogP contribution in [0, 0.1) is 0 Å². The van der Waals surface area contributed by atoms with Gasteiger partial charge in [-0.05, 0) is 30.5 Å². The Hall–Kier alpha value is -1.75. The number of ether oxygens (including phenoxy) is 2. The van der Waals surface area contributed by atoms with E-state index in [4.69, 9.17) is 15.3 Å². The summed E-state index contributed by atoms with van der Waals surface area (Å²) in [4.78, 5) is 11.7. The maximum atomic E-state index is 11.7. The molecule has 0 radical (unpaired) electrons. The Kier molecular flexibility index (Phi) is 1.85. The van der Waals surface area contributed by atoms with E-state index < -0.39 is 5.41 Å². The van der Waals surface area contributed by atoms with E-state index in [1.165, 1.54) is 0 Å². The SMILES string of the molecule is NNC(=O)C1(c2ccc3c(c2)OCO3)CC1. The number of hydrazine groups is 1. The first-order valence-corrected chi connectivity index (χ1v) is 5.17. The Morgan fingerprint density at radius 2 is 2.06 bits per heavy atom. The molecule has 0 bridgehead atoms. The standard InChI is InChI=1S/C11H12N2O3/c12-13-10(14)11(3-4-11)7-1-2-8-9(5-7)16-6-15-8/h1-2,5H,3-4,6,12H2,(H,13,14). The summed E-state index contributed by atoms with van der Waals surface area (Å²) in [7, 11) is 0. The highest BCUT2D eigenvalue weighted by Crippen LogP contribution is 2.50. The van der Waals surface area contributed by atoms with Gasteiger partial charge in [0.1, 0.15) is 0 Å². The molecule has 1 aromatic carbocycles. The molecule has 0 aromatic heterocycles. The number of hydrogen-bond donors (Lipinski definition) is 2. The number of nitrogens with two attached hydrogens (primary N) is 1. The molecule has 1 aromatic rings. The van der Waals surface area contributed by atoms with Crippen LogP contribution in [0.1, 0.15) is 18.4 Å². The third-order valence-corrected chi connectivity index (χ3v) is 3.24. The van der Waals surface area contributed by atoms with E-state index in [2.05, 4.69) is 5.43 Å². The van der Waals surface area contributed by atoms with Gasteiger partial charge in [0.25, 0.3) is 0 Å². The summed E-state index contributed by atoms with van der Waals surface area (Å²) in [5.74, 6) is 6.49. The molecule has 1 amide bonds. The molecule has 1 fully saturated rings. The highest BCUT2D eigenvalue weighted by Gasteiger charge is 2.51. The summed E-state index contributed by atoms with van der Waals surface area (Å²) in [6.07, 6.45) is 1.66. The van der Waals surface area contributed by atoms with Gasteiger partial charge in [0.2, 0.25) is 12.7 Å². The maximum Gasteiger partial charge on any atom is 0.244 e. The second-order valence-corrected chi connectivity index (χ2v) is 4.12. The summed E-state index contributed by atoms with van der Waals surface area (Å²) in [5.41, 5.74) is 2.72. The average molecular weight is 220 g/mol. The molecule has 0 unspecified atom stereocenters. The topological polar surface area (TPSA) is 73.6 Å². The fraction of sp³-hybridized carbons (Fsp3) is 0.364. The fourth-order valence-corrected chi connectivity index (χ4v) is 2.10. The van der Waals surface area contributed by atoms with Crippen LogP contribution >= 0.6 is 0 Å². The van der Waals surface area contributed by atoms with E-state index in [1.807, 2.05) is 18.2 Å². The molecule has 1 heterocycles. The van der Waals surface area contributed by atoms with Gasteiger partial charge >= 0.3 is 0 Å². The number of rotatable bonds is 2. The van der Waals surface area contributed by atoms with Crippen molar-refractivity contribution in [3.05, 3.63) is 23.8 Å². The van der Waals surface area contributed by atoms with Gasteiger partial charge in [-0.25, -0.2) is 5.84 Å². The first kappa shape index (κ1) is 9.47. The minimum absolute atomic E-state index is 0.133. The van der Waals surface area contributed by atoms with Crippen molar-refractivity contribution in [2.75, 3.05) is 6.79 Å². The zero-order valence-electron chi connectivity index (χ0n) is 8.66. The summed E-state index contributed by atoms with van der Waals surface area (Å²) in [6, 6.07) is 5.60. The van der Waals surface area contributed by atoms with Crippen LogP contribution in [0.2, 0.25) is 0 Å².